The summed E-state index contributed by atoms with van der Waals surface area (Å²) in [6, 6.07) is 19.6. The zero-order valence-electron chi connectivity index (χ0n) is 17.6. The van der Waals surface area contributed by atoms with Crippen molar-refractivity contribution >= 4 is 33.9 Å². The van der Waals surface area contributed by atoms with Gasteiger partial charge in [0.1, 0.15) is 11.3 Å². The number of anilines is 1. The van der Waals surface area contributed by atoms with Crippen molar-refractivity contribution in [2.45, 2.75) is 32.6 Å². The number of unbranched alkanes of at least 4 members (excludes halogenated alkanes) is 2. The van der Waals surface area contributed by atoms with Crippen molar-refractivity contribution in [1.82, 2.24) is 14.7 Å². The molecule has 2 heterocycles. The average Bonchev–Trinajstić information content (AvgIpc) is 3.12. The van der Waals surface area contributed by atoms with Crippen LogP contribution in [-0.2, 0) is 4.79 Å². The lowest BCUT2D eigenvalue weighted by Crippen LogP contribution is -2.26. The summed E-state index contributed by atoms with van der Waals surface area (Å²) in [7, 11) is 0. The molecule has 0 aliphatic heterocycles. The molecule has 2 N–H and O–H groups in total. The molecule has 2 aromatic carbocycles. The Bertz CT molecular complexity index is 1220. The lowest BCUT2D eigenvalue weighted by molar-refractivity contribution is -0.116. The number of imidazole rings is 1. The third kappa shape index (κ3) is 4.74. The van der Waals surface area contributed by atoms with Crippen molar-refractivity contribution in [2.75, 3.05) is 11.9 Å². The van der Waals surface area contributed by atoms with Crippen LogP contribution in [0.5, 0.6) is 0 Å². The average molecular weight is 415 g/mol. The van der Waals surface area contributed by atoms with Crippen LogP contribution < -0.4 is 10.6 Å². The quantitative estimate of drug-likeness (QED) is 0.410. The Morgan fingerprint density at radius 1 is 0.935 bits per heavy atom. The van der Waals surface area contributed by atoms with Crippen molar-refractivity contribution < 1.29 is 9.59 Å². The van der Waals surface area contributed by atoms with E-state index in [0.29, 0.717) is 24.4 Å². The molecule has 4 rings (SSSR count). The smallest absolute Gasteiger partial charge is 0.270 e. The second kappa shape index (κ2) is 9.43. The molecular weight excluding hydrogens is 388 g/mol. The van der Waals surface area contributed by atoms with Gasteiger partial charge >= 0.3 is 0 Å². The Balaban J connectivity index is 1.20. The van der Waals surface area contributed by atoms with Crippen LogP contribution in [0.2, 0.25) is 0 Å². The third-order valence-corrected chi connectivity index (χ3v) is 5.35. The fourth-order valence-corrected chi connectivity index (χ4v) is 3.81. The topological polar surface area (TPSA) is 75.5 Å². The number of aryl methyl sites for hydroxylation is 1. The minimum atomic E-state index is -0.120. The number of rotatable bonds is 8. The van der Waals surface area contributed by atoms with Crippen LogP contribution >= 0.6 is 0 Å². The van der Waals surface area contributed by atoms with Crippen LogP contribution in [0.25, 0.3) is 16.4 Å². The molecular formula is C25H26N4O2. The van der Waals surface area contributed by atoms with Gasteiger partial charge in [-0.15, -0.1) is 0 Å². The summed E-state index contributed by atoms with van der Waals surface area (Å²) < 4.78 is 1.81. The Hall–Kier alpha value is -3.67. The zero-order valence-corrected chi connectivity index (χ0v) is 17.6. The maximum absolute atomic E-state index is 12.6. The Kier molecular flexibility index (Phi) is 6.26. The lowest BCUT2D eigenvalue weighted by atomic mass is 10.1. The summed E-state index contributed by atoms with van der Waals surface area (Å²) in [5, 5.41) is 8.14. The summed E-state index contributed by atoms with van der Waals surface area (Å²) >= 11 is 0. The Morgan fingerprint density at radius 2 is 1.74 bits per heavy atom. The molecule has 0 aliphatic rings. The minimum Gasteiger partial charge on any atom is -0.351 e. The molecule has 0 fully saturated rings. The van der Waals surface area contributed by atoms with Gasteiger partial charge in [0.05, 0.1) is 5.69 Å². The first kappa shape index (κ1) is 20.6. The number of aromatic nitrogens is 2. The first-order valence-electron chi connectivity index (χ1n) is 10.6. The number of fused-ring (bicyclic) bond motifs is 2. The highest BCUT2D eigenvalue weighted by atomic mass is 16.2. The SMILES string of the molecule is Cc1nc2ccccn2c1C(=O)NCCCCCC(=O)Nc1cccc2ccccc12. The van der Waals surface area contributed by atoms with E-state index in [1.807, 2.05) is 78.2 Å². The van der Waals surface area contributed by atoms with Gasteiger partial charge < -0.3 is 10.6 Å². The molecule has 0 aliphatic carbocycles. The number of amides is 2. The predicted molar refractivity (Wildman–Crippen MR) is 123 cm³/mol. The number of pyridine rings is 1. The van der Waals surface area contributed by atoms with E-state index in [9.17, 15) is 9.59 Å². The molecule has 158 valence electrons. The summed E-state index contributed by atoms with van der Waals surface area (Å²) in [6.07, 6.45) is 4.78. The van der Waals surface area contributed by atoms with Gasteiger partial charge in [-0.05, 0) is 43.4 Å². The zero-order chi connectivity index (χ0) is 21.6. The summed E-state index contributed by atoms with van der Waals surface area (Å²) in [4.78, 5) is 29.3. The summed E-state index contributed by atoms with van der Waals surface area (Å²) in [5.41, 5.74) is 2.90. The molecule has 0 bridgehead atoms. The summed E-state index contributed by atoms with van der Waals surface area (Å²) in [6.45, 7) is 2.42. The molecule has 2 aromatic heterocycles. The number of benzene rings is 2. The highest BCUT2D eigenvalue weighted by molar-refractivity contribution is 6.02. The van der Waals surface area contributed by atoms with E-state index in [-0.39, 0.29) is 11.8 Å². The first-order valence-corrected chi connectivity index (χ1v) is 10.6. The van der Waals surface area contributed by atoms with E-state index >= 15 is 0 Å². The van der Waals surface area contributed by atoms with Crippen LogP contribution in [0, 0.1) is 6.92 Å². The molecule has 0 radical (unpaired) electrons. The fraction of sp³-hybridized carbons (Fsp3) is 0.240. The summed E-state index contributed by atoms with van der Waals surface area (Å²) in [5.74, 6) is -0.105. The van der Waals surface area contributed by atoms with Crippen molar-refractivity contribution in [3.05, 3.63) is 78.2 Å². The Morgan fingerprint density at radius 3 is 2.65 bits per heavy atom. The van der Waals surface area contributed by atoms with Crippen LogP contribution in [0.1, 0.15) is 41.9 Å². The number of carbonyl (C=O) groups is 2. The molecule has 0 spiro atoms. The van der Waals surface area contributed by atoms with E-state index in [0.717, 1.165) is 41.4 Å². The fourth-order valence-electron chi connectivity index (χ4n) is 3.81. The molecule has 6 nitrogen and oxygen atoms in total. The van der Waals surface area contributed by atoms with E-state index in [4.69, 9.17) is 0 Å². The highest BCUT2D eigenvalue weighted by Crippen LogP contribution is 2.23. The van der Waals surface area contributed by atoms with Gasteiger partial charge in [0, 0.05) is 30.2 Å². The maximum Gasteiger partial charge on any atom is 0.270 e. The van der Waals surface area contributed by atoms with E-state index in [1.165, 1.54) is 0 Å². The second-order valence-corrected chi connectivity index (χ2v) is 7.62. The lowest BCUT2D eigenvalue weighted by Gasteiger charge is -2.09. The number of hydrogen-bond acceptors (Lipinski definition) is 3. The first-order chi connectivity index (χ1) is 15.1. The normalized spacial score (nSPS) is 11.0. The molecule has 4 aromatic rings. The van der Waals surface area contributed by atoms with Crippen LogP contribution in [0.3, 0.4) is 0 Å². The molecule has 0 saturated heterocycles. The van der Waals surface area contributed by atoms with Crippen molar-refractivity contribution in [3.8, 4) is 0 Å². The van der Waals surface area contributed by atoms with Gasteiger partial charge in [-0.25, -0.2) is 4.98 Å². The predicted octanol–water partition coefficient (Wildman–Crippen LogP) is 4.72. The number of nitrogens with zero attached hydrogens (tertiary/aromatic N) is 2. The van der Waals surface area contributed by atoms with Crippen LogP contribution in [0.15, 0.2) is 66.9 Å². The molecule has 31 heavy (non-hydrogen) atoms. The van der Waals surface area contributed by atoms with Crippen molar-refractivity contribution in [1.29, 1.82) is 0 Å². The Labute approximate surface area is 181 Å². The largest absolute Gasteiger partial charge is 0.351 e. The number of carbonyl (C=O) groups excluding carboxylic acids is 2. The van der Waals surface area contributed by atoms with Gasteiger partial charge in [-0.3, -0.25) is 14.0 Å². The third-order valence-electron chi connectivity index (χ3n) is 5.35. The van der Waals surface area contributed by atoms with E-state index < -0.39 is 0 Å². The van der Waals surface area contributed by atoms with Gasteiger partial charge in [-0.1, -0.05) is 48.9 Å². The number of nitrogens with one attached hydrogen (secondary N) is 2. The van der Waals surface area contributed by atoms with E-state index in [2.05, 4.69) is 15.6 Å². The van der Waals surface area contributed by atoms with Gasteiger partial charge in [-0.2, -0.15) is 0 Å². The van der Waals surface area contributed by atoms with Crippen LogP contribution in [-0.4, -0.2) is 27.7 Å². The number of hydrogen-bond donors (Lipinski definition) is 2. The maximum atomic E-state index is 12.6. The van der Waals surface area contributed by atoms with Gasteiger partial charge in [0.2, 0.25) is 5.91 Å². The van der Waals surface area contributed by atoms with Crippen molar-refractivity contribution in [3.63, 3.8) is 0 Å². The molecule has 2 amide bonds. The minimum absolute atomic E-state index is 0.0155. The second-order valence-electron chi connectivity index (χ2n) is 7.62. The van der Waals surface area contributed by atoms with E-state index in [1.54, 1.807) is 0 Å². The molecule has 0 unspecified atom stereocenters. The van der Waals surface area contributed by atoms with Gasteiger partial charge in [0.25, 0.3) is 5.91 Å². The molecule has 0 atom stereocenters. The van der Waals surface area contributed by atoms with Gasteiger partial charge in [0.15, 0.2) is 0 Å². The van der Waals surface area contributed by atoms with Crippen molar-refractivity contribution in [2.24, 2.45) is 0 Å². The molecule has 0 saturated carbocycles. The van der Waals surface area contributed by atoms with Crippen LogP contribution in [0.4, 0.5) is 5.69 Å². The molecule has 6 heteroatoms. The standard InChI is InChI=1S/C25H26N4O2/c1-18-24(29-17-8-6-14-22(29)27-18)25(31)26-16-7-2-3-15-23(30)28-21-13-9-11-19-10-4-5-12-20(19)21/h4-6,8-14,17H,2-3,7,15-16H2,1H3,(H,26,31)(H,28,30). The highest BCUT2D eigenvalue weighted by Gasteiger charge is 2.15. The monoisotopic (exact) mass is 414 g/mol.